The van der Waals surface area contributed by atoms with Crippen LogP contribution in [-0.2, 0) is 0 Å². The SMILES string of the molecule is CNCC1CCCN(C(=O)c2cc([N+](=O)[O-])ccc2OC)C1. The van der Waals surface area contributed by atoms with E-state index in [1.54, 1.807) is 4.90 Å². The Bertz CT molecular complexity index is 560. The average molecular weight is 307 g/mol. The molecule has 0 spiro atoms. The van der Waals surface area contributed by atoms with Crippen molar-refractivity contribution >= 4 is 11.6 Å². The molecule has 7 heteroatoms. The first-order valence-electron chi connectivity index (χ1n) is 7.33. The van der Waals surface area contributed by atoms with Crippen LogP contribution in [0, 0.1) is 16.0 Å². The van der Waals surface area contributed by atoms with Crippen molar-refractivity contribution in [2.45, 2.75) is 12.8 Å². The molecule has 1 heterocycles. The predicted molar refractivity (Wildman–Crippen MR) is 82.2 cm³/mol. The van der Waals surface area contributed by atoms with Gasteiger partial charge in [-0.25, -0.2) is 0 Å². The summed E-state index contributed by atoms with van der Waals surface area (Å²) in [6.07, 6.45) is 2.02. The number of nitro benzene ring substituents is 1. The lowest BCUT2D eigenvalue weighted by molar-refractivity contribution is -0.384. The van der Waals surface area contributed by atoms with Gasteiger partial charge in [-0.2, -0.15) is 0 Å². The van der Waals surface area contributed by atoms with Crippen molar-refractivity contribution in [3.63, 3.8) is 0 Å². The summed E-state index contributed by atoms with van der Waals surface area (Å²) in [5.41, 5.74) is 0.148. The maximum atomic E-state index is 12.7. The molecule has 0 aromatic heterocycles. The van der Waals surface area contributed by atoms with Gasteiger partial charge in [-0.05, 0) is 38.4 Å². The smallest absolute Gasteiger partial charge is 0.270 e. The van der Waals surface area contributed by atoms with Crippen molar-refractivity contribution in [3.8, 4) is 5.75 Å². The van der Waals surface area contributed by atoms with Crippen molar-refractivity contribution in [2.75, 3.05) is 33.8 Å². The second kappa shape index (κ2) is 7.22. The fourth-order valence-electron chi connectivity index (χ4n) is 2.85. The number of amides is 1. The van der Waals surface area contributed by atoms with Crippen molar-refractivity contribution in [1.29, 1.82) is 0 Å². The molecule has 1 aromatic carbocycles. The van der Waals surface area contributed by atoms with Crippen LogP contribution in [0.15, 0.2) is 18.2 Å². The molecule has 0 saturated carbocycles. The summed E-state index contributed by atoms with van der Waals surface area (Å²) in [6, 6.07) is 4.11. The summed E-state index contributed by atoms with van der Waals surface area (Å²) in [6.45, 7) is 2.19. The van der Waals surface area contributed by atoms with Crippen LogP contribution in [0.1, 0.15) is 23.2 Å². The number of non-ortho nitro benzene ring substituents is 1. The Morgan fingerprint density at radius 3 is 2.95 bits per heavy atom. The highest BCUT2D eigenvalue weighted by Gasteiger charge is 2.27. The highest BCUT2D eigenvalue weighted by molar-refractivity contribution is 5.97. The standard InChI is InChI=1S/C15H21N3O4/c1-16-9-11-4-3-7-17(10-11)15(19)13-8-12(18(20)21)5-6-14(13)22-2/h5-6,8,11,16H,3-4,7,9-10H2,1-2H3. The van der Waals surface area contributed by atoms with E-state index in [1.165, 1.54) is 25.3 Å². The van der Waals surface area contributed by atoms with Gasteiger partial charge in [0.2, 0.25) is 0 Å². The fraction of sp³-hybridized carbons (Fsp3) is 0.533. The molecule has 120 valence electrons. The Labute approximate surface area is 129 Å². The molecule has 1 fully saturated rings. The number of carbonyl (C=O) groups excluding carboxylic acids is 1. The largest absolute Gasteiger partial charge is 0.496 e. The number of nitro groups is 1. The summed E-state index contributed by atoms with van der Waals surface area (Å²) >= 11 is 0. The Morgan fingerprint density at radius 2 is 2.32 bits per heavy atom. The predicted octanol–water partition coefficient (Wildman–Crippen LogP) is 1.68. The third-order valence-electron chi connectivity index (χ3n) is 3.92. The Balaban J connectivity index is 2.24. The summed E-state index contributed by atoms with van der Waals surface area (Å²) in [5.74, 6) is 0.570. The van der Waals surface area contributed by atoms with Crippen LogP contribution in [0.3, 0.4) is 0 Å². The number of piperidine rings is 1. The molecular formula is C15H21N3O4. The van der Waals surface area contributed by atoms with E-state index in [1.807, 2.05) is 7.05 Å². The van der Waals surface area contributed by atoms with E-state index in [0.717, 1.165) is 19.4 Å². The van der Waals surface area contributed by atoms with Gasteiger partial charge in [0.1, 0.15) is 5.75 Å². The number of rotatable bonds is 5. The molecule has 1 atom stereocenters. The Kier molecular flexibility index (Phi) is 5.32. The first-order valence-corrected chi connectivity index (χ1v) is 7.33. The van der Waals surface area contributed by atoms with Crippen molar-refractivity contribution in [1.82, 2.24) is 10.2 Å². The normalized spacial score (nSPS) is 18.1. The average Bonchev–Trinajstić information content (AvgIpc) is 2.54. The van der Waals surface area contributed by atoms with Crippen molar-refractivity contribution < 1.29 is 14.5 Å². The lowest BCUT2D eigenvalue weighted by Gasteiger charge is -2.33. The molecule has 0 radical (unpaired) electrons. The quantitative estimate of drug-likeness (QED) is 0.661. The molecule has 22 heavy (non-hydrogen) atoms. The fourth-order valence-corrected chi connectivity index (χ4v) is 2.85. The molecule has 1 aliphatic rings. The first-order chi connectivity index (χ1) is 10.6. The van der Waals surface area contributed by atoms with Gasteiger partial charge in [0.15, 0.2) is 0 Å². The van der Waals surface area contributed by atoms with E-state index >= 15 is 0 Å². The molecule has 1 N–H and O–H groups in total. The van der Waals surface area contributed by atoms with Gasteiger partial charge in [-0.3, -0.25) is 14.9 Å². The number of likely N-dealkylation sites (tertiary alicyclic amines) is 1. The zero-order chi connectivity index (χ0) is 16.1. The number of nitrogens with one attached hydrogen (secondary N) is 1. The van der Waals surface area contributed by atoms with Crippen LogP contribution < -0.4 is 10.1 Å². The topological polar surface area (TPSA) is 84.7 Å². The van der Waals surface area contributed by atoms with Gasteiger partial charge >= 0.3 is 0 Å². The Morgan fingerprint density at radius 1 is 1.55 bits per heavy atom. The molecule has 1 amide bonds. The second-order valence-electron chi connectivity index (χ2n) is 5.46. The van der Waals surface area contributed by atoms with Crippen LogP contribution in [0.5, 0.6) is 5.75 Å². The van der Waals surface area contributed by atoms with E-state index in [4.69, 9.17) is 4.74 Å². The highest BCUT2D eigenvalue weighted by atomic mass is 16.6. The third kappa shape index (κ3) is 3.54. The molecule has 1 saturated heterocycles. The lowest BCUT2D eigenvalue weighted by atomic mass is 9.97. The van der Waals surface area contributed by atoms with Gasteiger partial charge < -0.3 is 15.0 Å². The maximum Gasteiger partial charge on any atom is 0.270 e. The number of hydrogen-bond acceptors (Lipinski definition) is 5. The van der Waals surface area contributed by atoms with Crippen LogP contribution in [0.4, 0.5) is 5.69 Å². The minimum absolute atomic E-state index is 0.104. The zero-order valence-corrected chi connectivity index (χ0v) is 12.9. The molecule has 7 nitrogen and oxygen atoms in total. The van der Waals surface area contributed by atoms with E-state index in [-0.39, 0.29) is 17.2 Å². The van der Waals surface area contributed by atoms with Gasteiger partial charge in [0.05, 0.1) is 17.6 Å². The molecule has 0 bridgehead atoms. The van der Waals surface area contributed by atoms with Crippen LogP contribution >= 0.6 is 0 Å². The maximum absolute atomic E-state index is 12.7. The van der Waals surface area contributed by atoms with Gasteiger partial charge in [0.25, 0.3) is 11.6 Å². The number of carbonyl (C=O) groups is 1. The summed E-state index contributed by atoms with van der Waals surface area (Å²) < 4.78 is 5.18. The number of nitrogens with zero attached hydrogens (tertiary/aromatic N) is 2. The third-order valence-corrected chi connectivity index (χ3v) is 3.92. The minimum atomic E-state index is -0.504. The molecule has 1 unspecified atom stereocenters. The van der Waals surface area contributed by atoms with Gasteiger partial charge in [0, 0.05) is 25.2 Å². The van der Waals surface area contributed by atoms with Crippen LogP contribution in [-0.4, -0.2) is 49.5 Å². The molecular weight excluding hydrogens is 286 g/mol. The van der Waals surface area contributed by atoms with E-state index < -0.39 is 4.92 Å². The Hall–Kier alpha value is -2.15. The first kappa shape index (κ1) is 16.2. The number of methoxy groups -OCH3 is 1. The lowest BCUT2D eigenvalue weighted by Crippen LogP contribution is -2.42. The zero-order valence-electron chi connectivity index (χ0n) is 12.9. The second-order valence-corrected chi connectivity index (χ2v) is 5.46. The number of hydrogen-bond donors (Lipinski definition) is 1. The number of benzene rings is 1. The summed E-state index contributed by atoms with van der Waals surface area (Å²) in [4.78, 5) is 24.9. The summed E-state index contributed by atoms with van der Waals surface area (Å²) in [5, 5.41) is 14.1. The molecule has 1 aromatic rings. The molecule has 1 aliphatic heterocycles. The molecule has 2 rings (SSSR count). The van der Waals surface area contributed by atoms with Crippen LogP contribution in [0.25, 0.3) is 0 Å². The van der Waals surface area contributed by atoms with E-state index in [0.29, 0.717) is 24.8 Å². The monoisotopic (exact) mass is 307 g/mol. The van der Waals surface area contributed by atoms with E-state index in [2.05, 4.69) is 5.32 Å². The number of ether oxygens (including phenoxy) is 1. The van der Waals surface area contributed by atoms with Crippen LogP contribution in [0.2, 0.25) is 0 Å². The van der Waals surface area contributed by atoms with Gasteiger partial charge in [-0.15, -0.1) is 0 Å². The summed E-state index contributed by atoms with van der Waals surface area (Å²) in [7, 11) is 3.35. The van der Waals surface area contributed by atoms with Gasteiger partial charge in [-0.1, -0.05) is 0 Å². The molecule has 0 aliphatic carbocycles. The minimum Gasteiger partial charge on any atom is -0.496 e. The van der Waals surface area contributed by atoms with Crippen molar-refractivity contribution in [2.24, 2.45) is 5.92 Å². The van der Waals surface area contributed by atoms with Crippen molar-refractivity contribution in [3.05, 3.63) is 33.9 Å². The van der Waals surface area contributed by atoms with E-state index in [9.17, 15) is 14.9 Å². The highest BCUT2D eigenvalue weighted by Crippen LogP contribution is 2.27.